The number of methoxy groups -OCH3 is 2. The van der Waals surface area contributed by atoms with Crippen LogP contribution in [0.2, 0.25) is 0 Å². The number of fused-ring (bicyclic) bond motifs is 1. The van der Waals surface area contributed by atoms with Gasteiger partial charge in [-0.25, -0.2) is 0 Å². The van der Waals surface area contributed by atoms with E-state index in [1.54, 1.807) is 19.1 Å². The van der Waals surface area contributed by atoms with Gasteiger partial charge in [-0.15, -0.1) is 0 Å². The fourth-order valence-electron chi connectivity index (χ4n) is 2.30. The molecule has 0 aromatic carbocycles. The molecule has 2 rings (SSSR count). The first-order valence-corrected chi connectivity index (χ1v) is 5.45. The van der Waals surface area contributed by atoms with Crippen LogP contribution in [0.4, 0.5) is 0 Å². The molecule has 1 saturated heterocycles. The Morgan fingerprint density at radius 3 is 2.75 bits per heavy atom. The molecule has 16 heavy (non-hydrogen) atoms. The third-order valence-corrected chi connectivity index (χ3v) is 3.31. The number of amides is 1. The van der Waals surface area contributed by atoms with Crippen LogP contribution < -0.4 is 0 Å². The molecular formula is C12H17NO3. The van der Waals surface area contributed by atoms with Crippen LogP contribution in [0.3, 0.4) is 0 Å². The van der Waals surface area contributed by atoms with Gasteiger partial charge in [0.1, 0.15) is 5.76 Å². The molecule has 1 fully saturated rings. The number of nitrogens with zero attached hydrogens (tertiary/aromatic N) is 1. The highest BCUT2D eigenvalue weighted by atomic mass is 16.5. The van der Waals surface area contributed by atoms with Gasteiger partial charge in [0.25, 0.3) is 0 Å². The van der Waals surface area contributed by atoms with Crippen molar-refractivity contribution in [2.45, 2.75) is 12.8 Å². The van der Waals surface area contributed by atoms with Crippen molar-refractivity contribution in [3.05, 3.63) is 23.2 Å². The normalized spacial score (nSPS) is 25.2. The molecule has 0 aromatic heterocycles. The van der Waals surface area contributed by atoms with E-state index in [1.807, 2.05) is 13.1 Å². The van der Waals surface area contributed by atoms with Gasteiger partial charge in [-0.3, -0.25) is 4.79 Å². The number of hydrogen-bond donors (Lipinski definition) is 0. The van der Waals surface area contributed by atoms with Crippen molar-refractivity contribution in [2.75, 3.05) is 27.8 Å². The SMILES string of the molecule is COC1=C(OC)CC2CCN(C)C(=O)C2=C1. The lowest BCUT2D eigenvalue weighted by Gasteiger charge is -2.34. The van der Waals surface area contributed by atoms with Crippen LogP contribution in [-0.4, -0.2) is 38.6 Å². The van der Waals surface area contributed by atoms with Gasteiger partial charge in [0.2, 0.25) is 5.91 Å². The summed E-state index contributed by atoms with van der Waals surface area (Å²) >= 11 is 0. The van der Waals surface area contributed by atoms with E-state index in [2.05, 4.69) is 0 Å². The number of likely N-dealkylation sites (N-methyl/N-ethyl adjacent to an activating group) is 1. The second-order valence-electron chi connectivity index (χ2n) is 4.21. The molecule has 1 heterocycles. The van der Waals surface area contributed by atoms with Gasteiger partial charge in [-0.1, -0.05) is 0 Å². The average molecular weight is 223 g/mol. The molecule has 1 amide bonds. The second kappa shape index (κ2) is 4.20. The molecule has 0 saturated carbocycles. The monoisotopic (exact) mass is 223 g/mol. The average Bonchev–Trinajstić information content (AvgIpc) is 2.32. The van der Waals surface area contributed by atoms with Crippen LogP contribution in [0.25, 0.3) is 0 Å². The molecule has 0 aromatic rings. The van der Waals surface area contributed by atoms with E-state index in [0.29, 0.717) is 5.76 Å². The molecule has 0 radical (unpaired) electrons. The van der Waals surface area contributed by atoms with Crippen LogP contribution in [0.5, 0.6) is 0 Å². The third kappa shape index (κ3) is 1.68. The molecule has 0 N–H and O–H groups in total. The number of ether oxygens (including phenoxy) is 2. The maximum Gasteiger partial charge on any atom is 0.249 e. The summed E-state index contributed by atoms with van der Waals surface area (Å²) in [5, 5.41) is 0. The summed E-state index contributed by atoms with van der Waals surface area (Å²) in [6.45, 7) is 0.820. The molecular weight excluding hydrogens is 206 g/mol. The highest BCUT2D eigenvalue weighted by molar-refractivity contribution is 5.95. The van der Waals surface area contributed by atoms with Gasteiger partial charge in [-0.05, 0) is 18.4 Å². The Hall–Kier alpha value is -1.45. The van der Waals surface area contributed by atoms with Crippen molar-refractivity contribution >= 4 is 5.91 Å². The Morgan fingerprint density at radius 1 is 1.38 bits per heavy atom. The summed E-state index contributed by atoms with van der Waals surface area (Å²) in [7, 11) is 5.08. The number of carbonyl (C=O) groups excluding carboxylic acids is 1. The van der Waals surface area contributed by atoms with Crippen molar-refractivity contribution in [2.24, 2.45) is 5.92 Å². The van der Waals surface area contributed by atoms with Crippen molar-refractivity contribution in [3.8, 4) is 0 Å². The summed E-state index contributed by atoms with van der Waals surface area (Å²) in [6, 6.07) is 0. The van der Waals surface area contributed by atoms with Crippen molar-refractivity contribution in [3.63, 3.8) is 0 Å². The molecule has 1 unspecified atom stereocenters. The molecule has 1 aliphatic carbocycles. The number of allylic oxidation sites excluding steroid dienone is 2. The Labute approximate surface area is 95.5 Å². The van der Waals surface area contributed by atoms with Crippen LogP contribution in [0, 0.1) is 5.92 Å². The largest absolute Gasteiger partial charge is 0.497 e. The summed E-state index contributed by atoms with van der Waals surface area (Å²) in [4.78, 5) is 13.7. The molecule has 4 nitrogen and oxygen atoms in total. The third-order valence-electron chi connectivity index (χ3n) is 3.31. The molecule has 0 spiro atoms. The summed E-state index contributed by atoms with van der Waals surface area (Å²) in [5.74, 6) is 1.92. The standard InChI is InChI=1S/C12H17NO3/c1-13-5-4-8-6-10(15-2)11(16-3)7-9(8)12(13)14/h7-8H,4-6H2,1-3H3. The molecule has 4 heteroatoms. The molecule has 1 atom stereocenters. The van der Waals surface area contributed by atoms with Gasteiger partial charge >= 0.3 is 0 Å². The Balaban J connectivity index is 2.34. The lowest BCUT2D eigenvalue weighted by atomic mass is 9.83. The van der Waals surface area contributed by atoms with E-state index in [-0.39, 0.29) is 11.8 Å². The summed E-state index contributed by atoms with van der Waals surface area (Å²) in [5.41, 5.74) is 0.853. The van der Waals surface area contributed by atoms with E-state index < -0.39 is 0 Å². The molecule has 0 bridgehead atoms. The number of hydrogen-bond acceptors (Lipinski definition) is 3. The summed E-state index contributed by atoms with van der Waals surface area (Å²) in [6.07, 6.45) is 3.59. The van der Waals surface area contributed by atoms with Gasteiger partial charge in [0.05, 0.1) is 14.2 Å². The zero-order valence-electron chi connectivity index (χ0n) is 9.95. The first kappa shape index (κ1) is 11.0. The maximum atomic E-state index is 12.0. The van der Waals surface area contributed by atoms with E-state index in [9.17, 15) is 4.79 Å². The second-order valence-corrected chi connectivity index (χ2v) is 4.21. The molecule has 88 valence electrons. The Bertz CT molecular complexity index is 370. The van der Waals surface area contributed by atoms with Gasteiger partial charge in [0.15, 0.2) is 5.76 Å². The minimum Gasteiger partial charge on any atom is -0.497 e. The number of likely N-dealkylation sites (tertiary alicyclic amines) is 1. The fraction of sp³-hybridized carbons (Fsp3) is 0.583. The Kier molecular flexibility index (Phi) is 2.90. The zero-order valence-corrected chi connectivity index (χ0v) is 9.95. The van der Waals surface area contributed by atoms with E-state index in [4.69, 9.17) is 9.47 Å². The minimum absolute atomic E-state index is 0.112. The van der Waals surface area contributed by atoms with Crippen LogP contribution in [-0.2, 0) is 14.3 Å². The lowest BCUT2D eigenvalue weighted by Crippen LogP contribution is -2.39. The molecule has 2 aliphatic rings. The van der Waals surface area contributed by atoms with Crippen LogP contribution in [0.1, 0.15) is 12.8 Å². The topological polar surface area (TPSA) is 38.8 Å². The van der Waals surface area contributed by atoms with Gasteiger partial charge in [-0.2, -0.15) is 0 Å². The zero-order chi connectivity index (χ0) is 11.7. The minimum atomic E-state index is 0.112. The highest BCUT2D eigenvalue weighted by Crippen LogP contribution is 2.35. The quantitative estimate of drug-likeness (QED) is 0.708. The summed E-state index contributed by atoms with van der Waals surface area (Å²) < 4.78 is 10.5. The smallest absolute Gasteiger partial charge is 0.249 e. The number of rotatable bonds is 2. The Morgan fingerprint density at radius 2 is 2.12 bits per heavy atom. The highest BCUT2D eigenvalue weighted by Gasteiger charge is 2.33. The van der Waals surface area contributed by atoms with E-state index in [1.165, 1.54) is 0 Å². The van der Waals surface area contributed by atoms with Gasteiger partial charge in [0, 0.05) is 25.6 Å². The van der Waals surface area contributed by atoms with Crippen molar-refractivity contribution in [1.29, 1.82) is 0 Å². The van der Waals surface area contributed by atoms with Crippen molar-refractivity contribution < 1.29 is 14.3 Å². The van der Waals surface area contributed by atoms with Gasteiger partial charge < -0.3 is 14.4 Å². The first-order valence-electron chi connectivity index (χ1n) is 5.45. The number of piperidine rings is 1. The van der Waals surface area contributed by atoms with Crippen LogP contribution in [0.15, 0.2) is 23.2 Å². The molecule has 1 aliphatic heterocycles. The predicted octanol–water partition coefficient (Wildman–Crippen LogP) is 1.30. The van der Waals surface area contributed by atoms with Crippen molar-refractivity contribution in [1.82, 2.24) is 4.90 Å². The number of carbonyl (C=O) groups is 1. The first-order chi connectivity index (χ1) is 7.67. The van der Waals surface area contributed by atoms with E-state index in [0.717, 1.165) is 30.7 Å². The maximum absolute atomic E-state index is 12.0. The van der Waals surface area contributed by atoms with E-state index >= 15 is 0 Å². The fourth-order valence-corrected chi connectivity index (χ4v) is 2.30. The van der Waals surface area contributed by atoms with Crippen LogP contribution >= 0.6 is 0 Å². The predicted molar refractivity (Wildman–Crippen MR) is 59.5 cm³/mol. The lowest BCUT2D eigenvalue weighted by molar-refractivity contribution is -0.128.